The summed E-state index contributed by atoms with van der Waals surface area (Å²) in [6.07, 6.45) is 0. The first-order chi connectivity index (χ1) is 12.1. The molecular formula is C18H15N3O4. The summed E-state index contributed by atoms with van der Waals surface area (Å²) in [6.45, 7) is -0.176. The zero-order valence-corrected chi connectivity index (χ0v) is 13.4. The number of fused-ring (bicyclic) bond motifs is 1. The predicted octanol–water partition coefficient (Wildman–Crippen LogP) is 3.44. The second kappa shape index (κ2) is 6.96. The smallest absolute Gasteiger partial charge is 0.325 e. The van der Waals surface area contributed by atoms with E-state index in [2.05, 4.69) is 15.0 Å². The minimum Gasteiger partial charge on any atom is -0.493 e. The molecule has 126 valence electrons. The van der Waals surface area contributed by atoms with Crippen LogP contribution in [0.3, 0.4) is 0 Å². The number of hydrogen-bond acceptors (Lipinski definition) is 5. The van der Waals surface area contributed by atoms with E-state index in [1.54, 1.807) is 54.6 Å². The Hall–Kier alpha value is -3.48. The standard InChI is InChI=1S/C18H15N3O4/c1-25-15(22)11-21-14-10-6-5-9-13(14)16(18(21)24)19-20-17(23)12-7-3-2-4-8-12/h2-10,24H,11H2,1H3. The highest BCUT2D eigenvalue weighted by molar-refractivity contribution is 5.97. The Morgan fingerprint density at radius 2 is 1.76 bits per heavy atom. The molecule has 1 aromatic heterocycles. The number of hydrogen-bond donors (Lipinski definition) is 1. The van der Waals surface area contributed by atoms with Gasteiger partial charge < -0.3 is 9.84 Å². The summed E-state index contributed by atoms with van der Waals surface area (Å²) in [7, 11) is 1.27. The number of rotatable bonds is 4. The van der Waals surface area contributed by atoms with E-state index in [0.29, 0.717) is 16.5 Å². The third-order valence-corrected chi connectivity index (χ3v) is 3.69. The van der Waals surface area contributed by atoms with Crippen molar-refractivity contribution in [1.82, 2.24) is 4.57 Å². The van der Waals surface area contributed by atoms with Crippen LogP contribution in [-0.4, -0.2) is 28.7 Å². The number of nitrogens with zero attached hydrogens (tertiary/aromatic N) is 3. The van der Waals surface area contributed by atoms with E-state index in [0.717, 1.165) is 0 Å². The van der Waals surface area contributed by atoms with Gasteiger partial charge in [-0.3, -0.25) is 14.2 Å². The lowest BCUT2D eigenvalue weighted by Crippen LogP contribution is -2.10. The number of carbonyl (C=O) groups is 2. The van der Waals surface area contributed by atoms with Crippen molar-refractivity contribution in [3.63, 3.8) is 0 Å². The van der Waals surface area contributed by atoms with Crippen molar-refractivity contribution in [3.05, 3.63) is 60.2 Å². The van der Waals surface area contributed by atoms with Gasteiger partial charge in [-0.25, -0.2) is 0 Å². The fourth-order valence-corrected chi connectivity index (χ4v) is 2.46. The van der Waals surface area contributed by atoms with Gasteiger partial charge in [0.05, 0.1) is 12.6 Å². The molecule has 0 aliphatic heterocycles. The molecule has 7 heteroatoms. The zero-order chi connectivity index (χ0) is 17.8. The number of benzene rings is 2. The van der Waals surface area contributed by atoms with Gasteiger partial charge in [-0.1, -0.05) is 36.4 Å². The Morgan fingerprint density at radius 1 is 1.08 bits per heavy atom. The van der Waals surface area contributed by atoms with Gasteiger partial charge in [0.15, 0.2) is 5.69 Å². The van der Waals surface area contributed by atoms with Gasteiger partial charge in [-0.15, -0.1) is 10.2 Å². The van der Waals surface area contributed by atoms with Crippen LogP contribution < -0.4 is 0 Å². The third-order valence-electron chi connectivity index (χ3n) is 3.69. The summed E-state index contributed by atoms with van der Waals surface area (Å²) in [6, 6.07) is 15.5. The molecule has 1 amide bonds. The van der Waals surface area contributed by atoms with E-state index in [-0.39, 0.29) is 18.1 Å². The van der Waals surface area contributed by atoms with Crippen LogP contribution in [0.15, 0.2) is 64.8 Å². The molecule has 0 bridgehead atoms. The van der Waals surface area contributed by atoms with Crippen molar-refractivity contribution in [2.45, 2.75) is 6.54 Å². The van der Waals surface area contributed by atoms with Gasteiger partial charge in [0.1, 0.15) is 6.54 Å². The molecule has 1 heterocycles. The maximum atomic E-state index is 12.1. The zero-order valence-electron chi connectivity index (χ0n) is 13.4. The predicted molar refractivity (Wildman–Crippen MR) is 90.9 cm³/mol. The fourth-order valence-electron chi connectivity index (χ4n) is 2.46. The molecule has 1 N–H and O–H groups in total. The molecule has 3 rings (SSSR count). The lowest BCUT2D eigenvalue weighted by atomic mass is 10.2. The van der Waals surface area contributed by atoms with Crippen LogP contribution in [0, 0.1) is 0 Å². The minimum absolute atomic E-state index is 0.129. The highest BCUT2D eigenvalue weighted by atomic mass is 16.5. The van der Waals surface area contributed by atoms with E-state index in [1.807, 2.05) is 0 Å². The third kappa shape index (κ3) is 3.25. The van der Waals surface area contributed by atoms with Crippen LogP contribution in [-0.2, 0) is 16.1 Å². The molecule has 0 saturated carbocycles. The van der Waals surface area contributed by atoms with Crippen molar-refractivity contribution in [2.24, 2.45) is 10.2 Å². The number of amides is 1. The van der Waals surface area contributed by atoms with Crippen LogP contribution in [0.1, 0.15) is 10.4 Å². The Bertz CT molecular complexity index is 961. The minimum atomic E-state index is -0.523. The topological polar surface area (TPSA) is 93.2 Å². The van der Waals surface area contributed by atoms with Crippen molar-refractivity contribution >= 4 is 28.5 Å². The van der Waals surface area contributed by atoms with Crippen LogP contribution in [0.2, 0.25) is 0 Å². The molecule has 0 radical (unpaired) electrons. The van der Waals surface area contributed by atoms with Crippen molar-refractivity contribution in [3.8, 4) is 5.88 Å². The van der Waals surface area contributed by atoms with E-state index in [4.69, 9.17) is 0 Å². The van der Waals surface area contributed by atoms with Crippen LogP contribution >= 0.6 is 0 Å². The van der Waals surface area contributed by atoms with Crippen LogP contribution in [0.25, 0.3) is 10.9 Å². The molecule has 25 heavy (non-hydrogen) atoms. The second-order valence-electron chi connectivity index (χ2n) is 5.22. The van der Waals surface area contributed by atoms with E-state index >= 15 is 0 Å². The highest BCUT2D eigenvalue weighted by Gasteiger charge is 2.18. The van der Waals surface area contributed by atoms with E-state index < -0.39 is 11.9 Å². The SMILES string of the molecule is COC(=O)Cn1c(O)c(N=NC(=O)c2ccccc2)c2ccccc21. The second-order valence-corrected chi connectivity index (χ2v) is 5.22. The molecule has 0 spiro atoms. The first-order valence-corrected chi connectivity index (χ1v) is 7.50. The molecule has 7 nitrogen and oxygen atoms in total. The quantitative estimate of drug-likeness (QED) is 0.583. The highest BCUT2D eigenvalue weighted by Crippen LogP contribution is 2.38. The maximum Gasteiger partial charge on any atom is 0.325 e. The molecule has 0 atom stereocenters. The largest absolute Gasteiger partial charge is 0.493 e. The molecule has 0 unspecified atom stereocenters. The van der Waals surface area contributed by atoms with E-state index in [9.17, 15) is 14.7 Å². The average molecular weight is 337 g/mol. The van der Waals surface area contributed by atoms with Gasteiger partial charge >= 0.3 is 5.97 Å². The number of aromatic hydroxyl groups is 1. The number of esters is 1. The Morgan fingerprint density at radius 3 is 2.48 bits per heavy atom. The Balaban J connectivity index is 2.01. The molecule has 2 aromatic carbocycles. The number of carbonyl (C=O) groups excluding carboxylic acids is 2. The summed E-state index contributed by atoms with van der Waals surface area (Å²) in [5.74, 6) is -1.29. The molecule has 0 aliphatic rings. The Labute approximate surface area is 143 Å². The van der Waals surface area contributed by atoms with Crippen LogP contribution in [0.5, 0.6) is 5.88 Å². The molecular weight excluding hydrogens is 322 g/mol. The van der Waals surface area contributed by atoms with Gasteiger partial charge in [0.2, 0.25) is 5.88 Å². The Kier molecular flexibility index (Phi) is 4.56. The summed E-state index contributed by atoms with van der Waals surface area (Å²) in [5, 5.41) is 18.6. The fraction of sp³-hybridized carbons (Fsp3) is 0.111. The lowest BCUT2D eigenvalue weighted by Gasteiger charge is -2.04. The van der Waals surface area contributed by atoms with Gasteiger partial charge in [0, 0.05) is 10.9 Å². The summed E-state index contributed by atoms with van der Waals surface area (Å²) < 4.78 is 6.01. The van der Waals surface area contributed by atoms with Gasteiger partial charge in [-0.2, -0.15) is 0 Å². The molecule has 0 fully saturated rings. The molecule has 3 aromatic rings. The van der Waals surface area contributed by atoms with Crippen LogP contribution in [0.4, 0.5) is 5.69 Å². The van der Waals surface area contributed by atoms with Gasteiger partial charge in [-0.05, 0) is 18.2 Å². The number of para-hydroxylation sites is 1. The van der Waals surface area contributed by atoms with Gasteiger partial charge in [0.25, 0.3) is 5.91 Å². The number of ether oxygens (including phenoxy) is 1. The molecule has 0 aliphatic carbocycles. The summed E-state index contributed by atoms with van der Waals surface area (Å²) >= 11 is 0. The molecule has 0 saturated heterocycles. The summed E-state index contributed by atoms with van der Waals surface area (Å²) in [4.78, 5) is 23.6. The number of methoxy groups -OCH3 is 1. The first-order valence-electron chi connectivity index (χ1n) is 7.50. The monoisotopic (exact) mass is 337 g/mol. The van der Waals surface area contributed by atoms with Crippen molar-refractivity contribution < 1.29 is 19.4 Å². The average Bonchev–Trinajstić information content (AvgIpc) is 2.92. The number of azo groups is 1. The van der Waals surface area contributed by atoms with Crippen molar-refractivity contribution in [2.75, 3.05) is 7.11 Å². The van der Waals surface area contributed by atoms with Crippen molar-refractivity contribution in [1.29, 1.82) is 0 Å². The lowest BCUT2D eigenvalue weighted by molar-refractivity contribution is -0.141. The van der Waals surface area contributed by atoms with E-state index in [1.165, 1.54) is 11.7 Å². The normalized spacial score (nSPS) is 11.1. The first kappa shape index (κ1) is 16.4. The summed E-state index contributed by atoms with van der Waals surface area (Å²) in [5.41, 5.74) is 1.11. The maximum absolute atomic E-state index is 12.1. The number of aromatic nitrogens is 1.